The third kappa shape index (κ3) is 5.53. The predicted octanol–water partition coefficient (Wildman–Crippen LogP) is 5.37. The number of hydrogen-bond donors (Lipinski definition) is 1. The van der Waals surface area contributed by atoms with Crippen molar-refractivity contribution in [2.24, 2.45) is 0 Å². The number of para-hydroxylation sites is 1. The first-order valence-corrected chi connectivity index (χ1v) is 11.4. The Hall–Kier alpha value is -4.10. The number of nitrogens with one attached hydrogen (secondary N) is 1. The van der Waals surface area contributed by atoms with E-state index in [1.165, 1.54) is 6.08 Å². The van der Waals surface area contributed by atoms with Gasteiger partial charge >= 0.3 is 6.03 Å². The third-order valence-electron chi connectivity index (χ3n) is 5.23. The molecule has 3 aromatic carbocycles. The zero-order valence-electron chi connectivity index (χ0n) is 19.0. The minimum atomic E-state index is -0.822. The van der Waals surface area contributed by atoms with Crippen molar-refractivity contribution >= 4 is 41.2 Å². The summed E-state index contributed by atoms with van der Waals surface area (Å²) < 4.78 is 11.5. The lowest BCUT2D eigenvalue weighted by molar-refractivity contribution is -0.122. The van der Waals surface area contributed by atoms with Crippen LogP contribution in [0.3, 0.4) is 0 Å². The summed E-state index contributed by atoms with van der Waals surface area (Å²) in [6.45, 7) is 2.74. The summed E-state index contributed by atoms with van der Waals surface area (Å²) in [5.74, 6) is -0.409. The van der Waals surface area contributed by atoms with Crippen LogP contribution in [0.4, 0.5) is 10.5 Å². The van der Waals surface area contributed by atoms with E-state index in [1.807, 2.05) is 25.1 Å². The molecular formula is C27H23ClN2O5. The summed E-state index contributed by atoms with van der Waals surface area (Å²) in [6.07, 6.45) is 2.24. The fraction of sp³-hybridized carbons (Fsp3) is 0.148. The number of imide groups is 2. The Kier molecular flexibility index (Phi) is 7.48. The van der Waals surface area contributed by atoms with Crippen molar-refractivity contribution in [1.82, 2.24) is 5.32 Å². The number of amides is 4. The van der Waals surface area contributed by atoms with Crippen LogP contribution in [-0.2, 0) is 16.2 Å². The number of benzene rings is 3. The van der Waals surface area contributed by atoms with Crippen LogP contribution in [0.2, 0.25) is 5.02 Å². The van der Waals surface area contributed by atoms with E-state index in [9.17, 15) is 14.4 Å². The molecule has 0 bridgehead atoms. The maximum absolute atomic E-state index is 13.2. The van der Waals surface area contributed by atoms with Crippen molar-refractivity contribution in [2.45, 2.75) is 20.0 Å². The highest BCUT2D eigenvalue weighted by Gasteiger charge is 2.37. The summed E-state index contributed by atoms with van der Waals surface area (Å²) in [5, 5.41) is 2.83. The molecule has 1 N–H and O–H groups in total. The van der Waals surface area contributed by atoms with Gasteiger partial charge < -0.3 is 9.47 Å². The van der Waals surface area contributed by atoms with E-state index in [1.54, 1.807) is 54.6 Å². The van der Waals surface area contributed by atoms with E-state index in [-0.39, 0.29) is 12.2 Å². The molecule has 4 amide bonds. The van der Waals surface area contributed by atoms with Crippen LogP contribution in [0.25, 0.3) is 6.08 Å². The third-order valence-corrected chi connectivity index (χ3v) is 5.60. The standard InChI is InChI=1S/C27H23ClN2O5/c1-2-15-34-24-10-6-4-7-18(24)16-22-25(31)29-27(33)30(26(22)32)20-11-13-21(14-12-20)35-17-19-8-3-5-9-23(19)28/h3-14,16H,2,15,17H2,1H3,(H,29,31,33)/b22-16+. The molecule has 35 heavy (non-hydrogen) atoms. The topological polar surface area (TPSA) is 84.9 Å². The highest BCUT2D eigenvalue weighted by atomic mass is 35.5. The van der Waals surface area contributed by atoms with Crippen LogP contribution in [0.1, 0.15) is 24.5 Å². The van der Waals surface area contributed by atoms with Crippen molar-refractivity contribution in [1.29, 1.82) is 0 Å². The van der Waals surface area contributed by atoms with E-state index >= 15 is 0 Å². The summed E-state index contributed by atoms with van der Waals surface area (Å²) in [7, 11) is 0. The van der Waals surface area contributed by atoms with Crippen LogP contribution in [0.15, 0.2) is 78.4 Å². The highest BCUT2D eigenvalue weighted by Crippen LogP contribution is 2.27. The summed E-state index contributed by atoms with van der Waals surface area (Å²) in [5.41, 5.74) is 1.53. The van der Waals surface area contributed by atoms with E-state index in [0.29, 0.717) is 34.4 Å². The number of nitrogens with zero attached hydrogens (tertiary/aromatic N) is 1. The molecule has 1 saturated heterocycles. The number of rotatable bonds is 8. The van der Waals surface area contributed by atoms with Gasteiger partial charge in [0.15, 0.2) is 0 Å². The number of barbiturate groups is 1. The number of halogens is 1. The van der Waals surface area contributed by atoms with Crippen molar-refractivity contribution in [3.05, 3.63) is 94.5 Å². The molecule has 0 radical (unpaired) electrons. The van der Waals surface area contributed by atoms with Crippen LogP contribution in [0, 0.1) is 0 Å². The predicted molar refractivity (Wildman–Crippen MR) is 133 cm³/mol. The van der Waals surface area contributed by atoms with Crippen LogP contribution in [0.5, 0.6) is 11.5 Å². The first-order chi connectivity index (χ1) is 17.0. The molecule has 1 aliphatic rings. The number of carbonyl (C=O) groups excluding carboxylic acids is 3. The molecule has 0 atom stereocenters. The van der Waals surface area contributed by atoms with Gasteiger partial charge in [-0.1, -0.05) is 54.9 Å². The fourth-order valence-corrected chi connectivity index (χ4v) is 3.65. The molecule has 1 aliphatic heterocycles. The number of urea groups is 1. The first-order valence-electron chi connectivity index (χ1n) is 11.1. The molecular weight excluding hydrogens is 468 g/mol. The van der Waals surface area contributed by atoms with Crippen LogP contribution < -0.4 is 19.7 Å². The van der Waals surface area contributed by atoms with Crippen molar-refractivity contribution in [3.63, 3.8) is 0 Å². The normalized spacial score (nSPS) is 14.7. The number of ether oxygens (including phenoxy) is 2. The fourth-order valence-electron chi connectivity index (χ4n) is 3.46. The van der Waals surface area contributed by atoms with Gasteiger partial charge in [-0.3, -0.25) is 14.9 Å². The molecule has 1 fully saturated rings. The Balaban J connectivity index is 1.55. The summed E-state index contributed by atoms with van der Waals surface area (Å²) in [4.78, 5) is 39.2. The zero-order valence-corrected chi connectivity index (χ0v) is 19.7. The molecule has 0 spiro atoms. The second kappa shape index (κ2) is 10.9. The van der Waals surface area contributed by atoms with Crippen molar-refractivity contribution in [2.75, 3.05) is 11.5 Å². The lowest BCUT2D eigenvalue weighted by Crippen LogP contribution is -2.54. The van der Waals surface area contributed by atoms with Gasteiger partial charge in [0.2, 0.25) is 0 Å². The molecule has 7 nitrogen and oxygen atoms in total. The average Bonchev–Trinajstić information content (AvgIpc) is 2.86. The van der Waals surface area contributed by atoms with E-state index < -0.39 is 17.8 Å². The van der Waals surface area contributed by atoms with Gasteiger partial charge in [-0.25, -0.2) is 9.69 Å². The average molecular weight is 491 g/mol. The maximum atomic E-state index is 13.2. The summed E-state index contributed by atoms with van der Waals surface area (Å²) >= 11 is 6.16. The van der Waals surface area contributed by atoms with Crippen LogP contribution >= 0.6 is 11.6 Å². The van der Waals surface area contributed by atoms with E-state index in [2.05, 4.69) is 5.32 Å². The zero-order chi connectivity index (χ0) is 24.8. The van der Waals surface area contributed by atoms with Crippen molar-refractivity contribution in [3.8, 4) is 11.5 Å². The highest BCUT2D eigenvalue weighted by molar-refractivity contribution is 6.39. The van der Waals surface area contributed by atoms with Crippen molar-refractivity contribution < 1.29 is 23.9 Å². The lowest BCUT2D eigenvalue weighted by atomic mass is 10.1. The van der Waals surface area contributed by atoms with Gasteiger partial charge in [0.25, 0.3) is 11.8 Å². The molecule has 0 aliphatic carbocycles. The Morgan fingerprint density at radius 2 is 1.63 bits per heavy atom. The van der Waals surface area contributed by atoms with Crippen LogP contribution in [-0.4, -0.2) is 24.5 Å². The lowest BCUT2D eigenvalue weighted by Gasteiger charge is -2.26. The molecule has 8 heteroatoms. The second-order valence-electron chi connectivity index (χ2n) is 7.72. The Morgan fingerprint density at radius 1 is 0.914 bits per heavy atom. The Morgan fingerprint density at radius 3 is 2.37 bits per heavy atom. The molecule has 0 aromatic heterocycles. The Bertz CT molecular complexity index is 1290. The SMILES string of the molecule is CCCOc1ccccc1/C=C1\C(=O)NC(=O)N(c2ccc(OCc3ccccc3Cl)cc2)C1=O. The first kappa shape index (κ1) is 24.0. The van der Waals surface area contributed by atoms with Gasteiger partial charge in [-0.2, -0.15) is 0 Å². The number of anilines is 1. The molecule has 0 saturated carbocycles. The second-order valence-corrected chi connectivity index (χ2v) is 8.13. The quantitative estimate of drug-likeness (QED) is 0.339. The van der Waals surface area contributed by atoms with E-state index in [4.69, 9.17) is 21.1 Å². The minimum Gasteiger partial charge on any atom is -0.493 e. The summed E-state index contributed by atoms with van der Waals surface area (Å²) in [6, 6.07) is 20.0. The molecule has 3 aromatic rings. The minimum absolute atomic E-state index is 0.170. The van der Waals surface area contributed by atoms with Gasteiger partial charge in [0.05, 0.1) is 12.3 Å². The molecule has 178 valence electrons. The monoisotopic (exact) mass is 490 g/mol. The van der Waals surface area contributed by atoms with Gasteiger partial charge in [-0.15, -0.1) is 0 Å². The Labute approximate surface area is 207 Å². The molecule has 1 heterocycles. The maximum Gasteiger partial charge on any atom is 0.335 e. The van der Waals surface area contributed by atoms with Gasteiger partial charge in [-0.05, 0) is 48.9 Å². The molecule has 4 rings (SSSR count). The van der Waals surface area contributed by atoms with E-state index in [0.717, 1.165) is 16.9 Å². The smallest absolute Gasteiger partial charge is 0.335 e. The number of carbonyl (C=O) groups is 3. The largest absolute Gasteiger partial charge is 0.493 e. The number of hydrogen-bond acceptors (Lipinski definition) is 5. The molecule has 0 unspecified atom stereocenters. The van der Waals surface area contributed by atoms with Gasteiger partial charge in [0, 0.05) is 16.1 Å². The van der Waals surface area contributed by atoms with Gasteiger partial charge in [0.1, 0.15) is 23.7 Å².